The van der Waals surface area contributed by atoms with E-state index in [9.17, 15) is 0 Å². The second-order valence-corrected chi connectivity index (χ2v) is 3.74. The summed E-state index contributed by atoms with van der Waals surface area (Å²) in [5, 5.41) is 0. The zero-order valence-electron chi connectivity index (χ0n) is 6.94. The molecule has 1 fully saturated rings. The molecule has 0 aromatic heterocycles. The molecule has 1 nitrogen and oxygen atoms in total. The Hall–Kier alpha value is 0.177. The summed E-state index contributed by atoms with van der Waals surface area (Å²) in [7, 11) is 1.20. The van der Waals surface area contributed by atoms with Gasteiger partial charge in [-0.3, -0.25) is 0 Å². The summed E-state index contributed by atoms with van der Waals surface area (Å²) in [5.74, 6) is 0.905. The molecule has 0 bridgehead atoms. The fourth-order valence-electron chi connectivity index (χ4n) is 1.64. The second kappa shape index (κ2) is 4.91. The van der Waals surface area contributed by atoms with Gasteiger partial charge in [0.2, 0.25) is 0 Å². The Labute approximate surface area is 66.6 Å². The first kappa shape index (κ1) is 8.28. The first-order valence-electron chi connectivity index (χ1n) is 4.51. The predicted molar refractivity (Wildman–Crippen MR) is 47.3 cm³/mol. The van der Waals surface area contributed by atoms with Crippen LogP contribution >= 0.6 is 0 Å². The molecule has 0 aromatic carbocycles. The molecule has 1 aliphatic carbocycles. The maximum Gasteiger partial charge on any atom is 0.0489 e. The number of ether oxygens (including phenoxy) is 1. The maximum atomic E-state index is 5.43. The van der Waals surface area contributed by atoms with Gasteiger partial charge in [-0.25, -0.2) is 0 Å². The van der Waals surface area contributed by atoms with Crippen molar-refractivity contribution in [2.45, 2.75) is 32.1 Å². The third kappa shape index (κ3) is 2.84. The summed E-state index contributed by atoms with van der Waals surface area (Å²) in [5.41, 5.74) is 0. The van der Waals surface area contributed by atoms with Crippen LogP contribution in [0.15, 0.2) is 0 Å². The third-order valence-electron chi connectivity index (χ3n) is 2.28. The van der Waals surface area contributed by atoms with Crippen LogP contribution in [0.4, 0.5) is 0 Å². The molecule has 0 aliphatic heterocycles. The van der Waals surface area contributed by atoms with E-state index in [0.717, 1.165) is 18.8 Å². The van der Waals surface area contributed by atoms with Gasteiger partial charge in [0.1, 0.15) is 0 Å². The van der Waals surface area contributed by atoms with Gasteiger partial charge in [0.15, 0.2) is 0 Å². The first-order chi connectivity index (χ1) is 4.93. The maximum absolute atomic E-state index is 5.43. The highest BCUT2D eigenvalue weighted by atomic mass is 28.1. The Morgan fingerprint density at radius 1 is 1.20 bits per heavy atom. The molecule has 0 radical (unpaired) electrons. The summed E-state index contributed by atoms with van der Waals surface area (Å²) >= 11 is 0. The van der Waals surface area contributed by atoms with Crippen LogP contribution in [0, 0.1) is 5.92 Å². The van der Waals surface area contributed by atoms with Crippen LogP contribution in [0.3, 0.4) is 0 Å². The van der Waals surface area contributed by atoms with E-state index >= 15 is 0 Å². The van der Waals surface area contributed by atoms with Gasteiger partial charge in [0, 0.05) is 23.1 Å². The molecule has 0 amide bonds. The molecule has 0 heterocycles. The molecule has 0 saturated heterocycles. The van der Waals surface area contributed by atoms with E-state index in [1.807, 2.05) is 0 Å². The van der Waals surface area contributed by atoms with Crippen LogP contribution in [-0.2, 0) is 4.74 Å². The largest absolute Gasteiger partial charge is 0.386 e. The number of hydrogen-bond acceptors (Lipinski definition) is 1. The molecule has 0 N–H and O–H groups in total. The number of hydrogen-bond donors (Lipinski definition) is 0. The highest BCUT2D eigenvalue weighted by molar-refractivity contribution is 6.08. The zero-order chi connectivity index (χ0) is 7.23. The van der Waals surface area contributed by atoms with Crippen LogP contribution in [0.2, 0.25) is 0 Å². The van der Waals surface area contributed by atoms with Gasteiger partial charge in [-0.1, -0.05) is 19.3 Å². The lowest BCUT2D eigenvalue weighted by atomic mass is 9.90. The zero-order valence-corrected chi connectivity index (χ0v) is 8.94. The van der Waals surface area contributed by atoms with Crippen molar-refractivity contribution in [2.75, 3.05) is 12.8 Å². The standard InChI is InChI=1S/C8H18OSi/c10-7-9-6-8-4-2-1-3-5-8/h8H,1-7H2,10H3. The molecule has 0 unspecified atom stereocenters. The lowest BCUT2D eigenvalue weighted by molar-refractivity contribution is 0.117. The van der Waals surface area contributed by atoms with Crippen molar-refractivity contribution in [3.63, 3.8) is 0 Å². The van der Waals surface area contributed by atoms with Crippen molar-refractivity contribution < 1.29 is 4.74 Å². The van der Waals surface area contributed by atoms with Crippen LogP contribution in [0.25, 0.3) is 0 Å². The highest BCUT2D eigenvalue weighted by Crippen LogP contribution is 2.23. The summed E-state index contributed by atoms with van der Waals surface area (Å²) in [6.07, 6.45) is 8.20. The Morgan fingerprint density at radius 2 is 1.90 bits per heavy atom. The van der Waals surface area contributed by atoms with Gasteiger partial charge in [-0.2, -0.15) is 0 Å². The lowest BCUT2D eigenvalue weighted by Crippen LogP contribution is -2.13. The molecule has 1 rings (SSSR count). The molecule has 0 aromatic rings. The molecule has 10 heavy (non-hydrogen) atoms. The van der Waals surface area contributed by atoms with Crippen LogP contribution in [0.5, 0.6) is 0 Å². The molecular weight excluding hydrogens is 140 g/mol. The first-order valence-corrected chi connectivity index (χ1v) is 5.92. The SMILES string of the molecule is [SiH3]COCC1CCCCC1. The molecule has 60 valence electrons. The van der Waals surface area contributed by atoms with Gasteiger partial charge in [-0.05, 0) is 18.8 Å². The van der Waals surface area contributed by atoms with Gasteiger partial charge < -0.3 is 4.74 Å². The Bertz CT molecular complexity index is 79.3. The van der Waals surface area contributed by atoms with Crippen molar-refractivity contribution in [2.24, 2.45) is 5.92 Å². The predicted octanol–water partition coefficient (Wildman–Crippen LogP) is 0.906. The molecular formula is C8H18OSi. The average molecular weight is 158 g/mol. The van der Waals surface area contributed by atoms with Crippen molar-refractivity contribution >= 4 is 10.2 Å². The molecule has 1 saturated carbocycles. The van der Waals surface area contributed by atoms with Gasteiger partial charge in [0.25, 0.3) is 0 Å². The minimum absolute atomic E-state index is 0.905. The van der Waals surface area contributed by atoms with Gasteiger partial charge >= 0.3 is 0 Å². The van der Waals surface area contributed by atoms with E-state index in [4.69, 9.17) is 4.74 Å². The Morgan fingerprint density at radius 3 is 2.50 bits per heavy atom. The lowest BCUT2D eigenvalue weighted by Gasteiger charge is -2.20. The smallest absolute Gasteiger partial charge is 0.0489 e. The van der Waals surface area contributed by atoms with E-state index in [2.05, 4.69) is 0 Å². The minimum atomic E-state index is 0.905. The van der Waals surface area contributed by atoms with Gasteiger partial charge in [0.05, 0.1) is 0 Å². The Balaban J connectivity index is 2.02. The summed E-state index contributed by atoms with van der Waals surface area (Å²) in [6, 6.07) is 0. The monoisotopic (exact) mass is 158 g/mol. The molecule has 0 spiro atoms. The summed E-state index contributed by atoms with van der Waals surface area (Å²) in [4.78, 5) is 0. The van der Waals surface area contributed by atoms with Crippen LogP contribution in [-0.4, -0.2) is 23.1 Å². The second-order valence-electron chi connectivity index (χ2n) is 3.16. The molecule has 2 heteroatoms. The van der Waals surface area contributed by atoms with Crippen molar-refractivity contribution in [1.82, 2.24) is 0 Å². The van der Waals surface area contributed by atoms with E-state index in [1.165, 1.54) is 42.3 Å². The Kier molecular flexibility index (Phi) is 4.06. The normalized spacial score (nSPS) is 21.6. The highest BCUT2D eigenvalue weighted by Gasteiger charge is 2.12. The topological polar surface area (TPSA) is 9.23 Å². The third-order valence-corrected chi connectivity index (χ3v) is 2.69. The van der Waals surface area contributed by atoms with Crippen LogP contribution in [0.1, 0.15) is 32.1 Å². The van der Waals surface area contributed by atoms with E-state index in [0.29, 0.717) is 0 Å². The quantitative estimate of drug-likeness (QED) is 0.555. The van der Waals surface area contributed by atoms with E-state index < -0.39 is 0 Å². The molecule has 1 aliphatic rings. The average Bonchev–Trinajstić information content (AvgIpc) is 2.03. The van der Waals surface area contributed by atoms with Crippen LogP contribution < -0.4 is 0 Å². The fourth-order valence-corrected chi connectivity index (χ4v) is 1.87. The van der Waals surface area contributed by atoms with E-state index in [-0.39, 0.29) is 0 Å². The fraction of sp³-hybridized carbons (Fsp3) is 1.00. The molecule has 0 atom stereocenters. The van der Waals surface area contributed by atoms with Crippen molar-refractivity contribution in [1.29, 1.82) is 0 Å². The summed E-state index contributed by atoms with van der Waals surface area (Å²) in [6.45, 7) is 1.05. The van der Waals surface area contributed by atoms with Crippen molar-refractivity contribution in [3.8, 4) is 0 Å². The van der Waals surface area contributed by atoms with Gasteiger partial charge in [-0.15, -0.1) is 0 Å². The van der Waals surface area contributed by atoms with Crippen molar-refractivity contribution in [3.05, 3.63) is 0 Å². The number of rotatable bonds is 3. The summed E-state index contributed by atoms with van der Waals surface area (Å²) < 4.78 is 5.43. The van der Waals surface area contributed by atoms with E-state index in [1.54, 1.807) is 0 Å². The minimum Gasteiger partial charge on any atom is -0.386 e.